The van der Waals surface area contributed by atoms with Crippen LogP contribution < -0.4 is 21.3 Å². The minimum Gasteiger partial charge on any atom is -0.423 e. The van der Waals surface area contributed by atoms with Crippen LogP contribution in [0.2, 0.25) is 0 Å². The lowest BCUT2D eigenvalue weighted by atomic mass is 10.1. The number of unbranched alkanes of at least 4 members (excludes halogenated alkanes) is 9. The van der Waals surface area contributed by atoms with E-state index in [0.717, 1.165) is 18.4 Å². The van der Waals surface area contributed by atoms with Gasteiger partial charge >= 0.3 is 7.60 Å². The van der Waals surface area contributed by atoms with E-state index in [1.54, 1.807) is 23.0 Å². The number of nitrogens with two attached hydrogens (primary N) is 2. The van der Waals surface area contributed by atoms with Gasteiger partial charge in [-0.15, -0.1) is 0 Å². The molecule has 43 heavy (non-hydrogen) atoms. The second-order valence-electron chi connectivity index (χ2n) is 11.2. The van der Waals surface area contributed by atoms with E-state index in [2.05, 4.69) is 27.2 Å². The molecule has 4 rings (SSSR count). The number of carbonyl (C=O) groups excluding carboxylic acids is 1. The van der Waals surface area contributed by atoms with Crippen molar-refractivity contribution < 1.29 is 23.1 Å². The Kier molecular flexibility index (Phi) is 12.8. The minimum atomic E-state index is -3.49. The molecule has 1 saturated heterocycles. The second kappa shape index (κ2) is 16.7. The first-order valence-corrected chi connectivity index (χ1v) is 17.2. The number of rotatable bonds is 18. The number of nitrogen functional groups attached to an aromatic ring is 1. The fraction of sp³-hybridized carbons (Fsp3) is 0.600. The van der Waals surface area contributed by atoms with E-state index in [-0.39, 0.29) is 25.0 Å². The highest BCUT2D eigenvalue weighted by atomic mass is 31.2. The summed E-state index contributed by atoms with van der Waals surface area (Å²) < 4.78 is 32.0. The Hall–Kier alpha value is -3.05. The Bertz CT molecular complexity index is 1320. The fourth-order valence-electron chi connectivity index (χ4n) is 5.04. The lowest BCUT2D eigenvalue weighted by Gasteiger charge is -2.29. The molecule has 13 heteroatoms. The van der Waals surface area contributed by atoms with Gasteiger partial charge in [-0.05, 0) is 30.5 Å². The van der Waals surface area contributed by atoms with Crippen molar-refractivity contribution in [2.24, 2.45) is 5.73 Å². The maximum Gasteiger partial charge on any atom is 0.404 e. The van der Waals surface area contributed by atoms with Crippen LogP contribution in [-0.2, 0) is 31.6 Å². The van der Waals surface area contributed by atoms with Crippen LogP contribution in [0.5, 0.6) is 5.75 Å². The highest BCUT2D eigenvalue weighted by Gasteiger charge is 2.35. The van der Waals surface area contributed by atoms with E-state index in [9.17, 15) is 9.36 Å². The maximum absolute atomic E-state index is 13.1. The van der Waals surface area contributed by atoms with Crippen LogP contribution in [0.15, 0.2) is 36.9 Å². The number of amides is 1. The van der Waals surface area contributed by atoms with Crippen LogP contribution in [-0.4, -0.2) is 57.1 Å². The molecule has 0 bridgehead atoms. The molecule has 1 aliphatic rings. The molecule has 2 aromatic heterocycles. The third-order valence-corrected chi connectivity index (χ3v) is 9.04. The number of hydrogen-bond acceptors (Lipinski definition) is 10. The standard InChI is InChI=1S/C30H46N7O5P/c1-2-3-4-5-6-7-8-9-10-11-16-33-30(38)26(31)17-23-12-14-24(15-13-23)42-43(39)22-40-25(19-41-43)18-37-21-36-27-28(32)34-20-35-29(27)37/h12-15,20-21,25-26H,2-11,16-19,22,31H2,1H3,(H,33,38)(H2,32,34,35)/t25-,26-,43?/m0/s1. The number of carbonyl (C=O) groups is 1. The number of nitrogens with one attached hydrogen (secondary N) is 1. The molecule has 12 nitrogen and oxygen atoms in total. The van der Waals surface area contributed by atoms with Crippen molar-refractivity contribution in [1.29, 1.82) is 0 Å². The normalized spacial score (nSPS) is 19.3. The lowest BCUT2D eigenvalue weighted by Crippen LogP contribution is -2.42. The summed E-state index contributed by atoms with van der Waals surface area (Å²) in [5, 5.41) is 2.95. The number of hydrogen-bond donors (Lipinski definition) is 3. The molecule has 0 spiro atoms. The topological polar surface area (TPSA) is 169 Å². The highest BCUT2D eigenvalue weighted by Crippen LogP contribution is 2.51. The van der Waals surface area contributed by atoms with Crippen molar-refractivity contribution in [2.45, 2.75) is 96.2 Å². The minimum absolute atomic E-state index is 0.0820. The molecular formula is C30H46N7O5P. The summed E-state index contributed by atoms with van der Waals surface area (Å²) in [5.41, 5.74) is 14.0. The van der Waals surface area contributed by atoms with Crippen LogP contribution in [0.25, 0.3) is 11.2 Å². The van der Waals surface area contributed by atoms with Crippen molar-refractivity contribution in [3.63, 3.8) is 0 Å². The monoisotopic (exact) mass is 615 g/mol. The molecule has 3 heterocycles. The molecule has 1 fully saturated rings. The molecule has 1 aromatic carbocycles. The highest BCUT2D eigenvalue weighted by molar-refractivity contribution is 7.54. The summed E-state index contributed by atoms with van der Waals surface area (Å²) in [6, 6.07) is 6.36. The summed E-state index contributed by atoms with van der Waals surface area (Å²) >= 11 is 0. The maximum atomic E-state index is 13.1. The zero-order chi connectivity index (χ0) is 30.5. The third kappa shape index (κ3) is 10.3. The molecule has 0 saturated carbocycles. The fourth-order valence-corrected chi connectivity index (χ4v) is 6.45. The number of benzene rings is 1. The van der Waals surface area contributed by atoms with Crippen LogP contribution in [0.4, 0.5) is 5.82 Å². The first kappa shape index (κ1) is 32.9. The molecular weight excluding hydrogens is 569 g/mol. The van der Waals surface area contributed by atoms with E-state index >= 15 is 0 Å². The molecule has 0 aliphatic carbocycles. The zero-order valence-electron chi connectivity index (χ0n) is 25.2. The van der Waals surface area contributed by atoms with Gasteiger partial charge in [0.1, 0.15) is 23.7 Å². The van der Waals surface area contributed by atoms with Gasteiger partial charge in [0.2, 0.25) is 5.91 Å². The van der Waals surface area contributed by atoms with Gasteiger partial charge in [0.25, 0.3) is 0 Å². The summed E-state index contributed by atoms with van der Waals surface area (Å²) in [5.74, 6) is 0.543. The van der Waals surface area contributed by atoms with Gasteiger partial charge in [0.05, 0.1) is 25.5 Å². The molecule has 3 aromatic rings. The Morgan fingerprint density at radius 1 is 1.07 bits per heavy atom. The third-order valence-electron chi connectivity index (χ3n) is 7.55. The lowest BCUT2D eigenvalue weighted by molar-refractivity contribution is -0.122. The van der Waals surface area contributed by atoms with E-state index in [0.29, 0.717) is 42.2 Å². The summed E-state index contributed by atoms with van der Waals surface area (Å²) in [6.45, 7) is 3.37. The van der Waals surface area contributed by atoms with Crippen molar-refractivity contribution in [3.05, 3.63) is 42.5 Å². The quantitative estimate of drug-likeness (QED) is 0.131. The zero-order valence-corrected chi connectivity index (χ0v) is 26.1. The molecule has 0 radical (unpaired) electrons. The van der Waals surface area contributed by atoms with Crippen LogP contribution in [0, 0.1) is 0 Å². The van der Waals surface area contributed by atoms with Crippen LogP contribution in [0.1, 0.15) is 76.7 Å². The number of anilines is 1. The number of imidazole rings is 1. The van der Waals surface area contributed by atoms with E-state index < -0.39 is 13.6 Å². The van der Waals surface area contributed by atoms with Gasteiger partial charge in [-0.1, -0.05) is 76.8 Å². The predicted molar refractivity (Wildman–Crippen MR) is 167 cm³/mol. The smallest absolute Gasteiger partial charge is 0.404 e. The van der Waals surface area contributed by atoms with E-state index in [1.165, 1.54) is 57.7 Å². The van der Waals surface area contributed by atoms with E-state index in [1.807, 2.05) is 12.1 Å². The Labute approximate surface area is 253 Å². The second-order valence-corrected chi connectivity index (χ2v) is 13.1. The van der Waals surface area contributed by atoms with Gasteiger partial charge in [-0.2, -0.15) is 0 Å². The Balaban J connectivity index is 1.11. The van der Waals surface area contributed by atoms with Gasteiger partial charge < -0.3 is 30.6 Å². The number of fused-ring (bicyclic) bond motifs is 1. The van der Waals surface area contributed by atoms with Crippen molar-refractivity contribution in [1.82, 2.24) is 24.8 Å². The van der Waals surface area contributed by atoms with Crippen molar-refractivity contribution >= 4 is 30.5 Å². The summed E-state index contributed by atoms with van der Waals surface area (Å²) in [4.78, 5) is 24.9. The molecule has 3 atom stereocenters. The van der Waals surface area contributed by atoms with Crippen molar-refractivity contribution in [3.8, 4) is 5.75 Å². The van der Waals surface area contributed by atoms with Crippen LogP contribution in [0.3, 0.4) is 0 Å². The Morgan fingerprint density at radius 2 is 1.77 bits per heavy atom. The summed E-state index contributed by atoms with van der Waals surface area (Å²) in [6.07, 6.45) is 15.4. The molecule has 1 amide bonds. The predicted octanol–water partition coefficient (Wildman–Crippen LogP) is 4.96. The Morgan fingerprint density at radius 3 is 2.44 bits per heavy atom. The van der Waals surface area contributed by atoms with Gasteiger partial charge in [0.15, 0.2) is 17.8 Å². The van der Waals surface area contributed by atoms with Gasteiger partial charge in [-0.25, -0.2) is 19.5 Å². The van der Waals surface area contributed by atoms with E-state index in [4.69, 9.17) is 25.3 Å². The molecule has 1 aliphatic heterocycles. The average Bonchev–Trinajstić information content (AvgIpc) is 3.42. The largest absolute Gasteiger partial charge is 0.423 e. The van der Waals surface area contributed by atoms with Gasteiger partial charge in [-0.3, -0.25) is 9.32 Å². The molecule has 236 valence electrons. The van der Waals surface area contributed by atoms with Crippen LogP contribution >= 0.6 is 7.60 Å². The SMILES string of the molecule is CCCCCCCCCCCCNC(=O)[C@@H](N)Cc1ccc(OP2(=O)CO[C@@H](Cn3cnc4c(N)ncnc43)CO2)cc1. The first-order chi connectivity index (χ1) is 20.9. The number of aromatic nitrogens is 4. The summed E-state index contributed by atoms with van der Waals surface area (Å²) in [7, 11) is -3.49. The number of ether oxygens (including phenoxy) is 1. The van der Waals surface area contributed by atoms with Crippen molar-refractivity contribution in [2.75, 3.05) is 25.2 Å². The average molecular weight is 616 g/mol. The molecule has 5 N–H and O–H groups in total. The van der Waals surface area contributed by atoms with Gasteiger partial charge in [0, 0.05) is 6.54 Å². The molecule has 1 unspecified atom stereocenters. The first-order valence-electron chi connectivity index (χ1n) is 15.4. The number of nitrogens with zero attached hydrogens (tertiary/aromatic N) is 4.